The quantitative estimate of drug-likeness (QED) is 0.420. The van der Waals surface area contributed by atoms with Crippen LogP contribution in [0.5, 0.6) is 0 Å². The van der Waals surface area contributed by atoms with Crippen molar-refractivity contribution in [3.8, 4) is 0 Å². The highest BCUT2D eigenvalue weighted by molar-refractivity contribution is 5.97. The van der Waals surface area contributed by atoms with Gasteiger partial charge >= 0.3 is 0 Å². The zero-order valence-corrected chi connectivity index (χ0v) is 24.1. The molecule has 2 heterocycles. The molecule has 1 aliphatic heterocycles. The molecule has 0 bridgehead atoms. The van der Waals surface area contributed by atoms with Gasteiger partial charge < -0.3 is 14.2 Å². The Bertz CT molecular complexity index is 1120. The van der Waals surface area contributed by atoms with Gasteiger partial charge in [-0.15, -0.1) is 0 Å². The third-order valence-corrected chi connectivity index (χ3v) is 12.0. The van der Waals surface area contributed by atoms with Crippen LogP contribution in [0.25, 0.3) is 0 Å². The number of aromatic nitrogens is 1. The minimum absolute atomic E-state index is 0.0529. The van der Waals surface area contributed by atoms with Gasteiger partial charge in [0.2, 0.25) is 0 Å². The molecular formula is C32H49N4O2+. The van der Waals surface area contributed by atoms with Crippen molar-refractivity contribution in [1.29, 1.82) is 0 Å². The molecule has 6 atom stereocenters. The van der Waals surface area contributed by atoms with E-state index in [1.165, 1.54) is 57.2 Å². The summed E-state index contributed by atoms with van der Waals surface area (Å²) in [6.45, 7) is 7.60. The molecule has 6 nitrogen and oxygen atoms in total. The number of likely N-dealkylation sites (tertiary alicyclic amines) is 1. The minimum Gasteiger partial charge on any atom is -0.393 e. The van der Waals surface area contributed by atoms with E-state index in [1.54, 1.807) is 5.57 Å². The third kappa shape index (κ3) is 4.60. The lowest BCUT2D eigenvalue weighted by Gasteiger charge is -2.57. The first-order chi connectivity index (χ1) is 18.1. The first-order valence-electron chi connectivity index (χ1n) is 15.3. The Morgan fingerprint density at radius 2 is 1.87 bits per heavy atom. The summed E-state index contributed by atoms with van der Waals surface area (Å²) in [6, 6.07) is 2.19. The van der Waals surface area contributed by atoms with Crippen LogP contribution >= 0.6 is 0 Å². The number of piperidine rings is 1. The van der Waals surface area contributed by atoms with Gasteiger partial charge in [-0.1, -0.05) is 19.4 Å². The SMILES string of the molecule is C[C@]12CC[C@H]3[C@@H](CCC4=C/C(=N\NC(=O)Cn5ccc(C6CC[N+](C)(C)CC6)c5)CC[C@@]43C)[C@@H]1CC[C@H]2O. The number of hydrogen-bond donors (Lipinski definition) is 2. The van der Waals surface area contributed by atoms with Gasteiger partial charge in [-0.25, -0.2) is 5.43 Å². The Labute approximate surface area is 229 Å². The van der Waals surface area contributed by atoms with Crippen molar-refractivity contribution in [3.05, 3.63) is 35.7 Å². The molecule has 4 fully saturated rings. The van der Waals surface area contributed by atoms with Gasteiger partial charge in [0, 0.05) is 25.2 Å². The summed E-state index contributed by atoms with van der Waals surface area (Å²) in [5.41, 5.74) is 7.18. The highest BCUT2D eigenvalue weighted by Crippen LogP contribution is 2.65. The average Bonchev–Trinajstić information content (AvgIpc) is 3.46. The van der Waals surface area contributed by atoms with Crippen molar-refractivity contribution < 1.29 is 14.4 Å². The monoisotopic (exact) mass is 521 g/mol. The van der Waals surface area contributed by atoms with Crippen molar-refractivity contribution >= 4 is 11.6 Å². The summed E-state index contributed by atoms with van der Waals surface area (Å²) in [6.07, 6.45) is 17.9. The molecule has 38 heavy (non-hydrogen) atoms. The summed E-state index contributed by atoms with van der Waals surface area (Å²) in [5.74, 6) is 2.71. The number of carbonyl (C=O) groups is 1. The molecular weight excluding hydrogens is 472 g/mol. The molecule has 1 saturated heterocycles. The van der Waals surface area contributed by atoms with Gasteiger partial charge in [-0.2, -0.15) is 5.10 Å². The van der Waals surface area contributed by atoms with Crippen LogP contribution in [0.2, 0.25) is 0 Å². The summed E-state index contributed by atoms with van der Waals surface area (Å²) in [5, 5.41) is 15.3. The van der Waals surface area contributed by atoms with Gasteiger partial charge in [0.25, 0.3) is 5.91 Å². The largest absolute Gasteiger partial charge is 0.393 e. The first-order valence-corrected chi connectivity index (χ1v) is 15.3. The molecule has 208 valence electrons. The number of aliphatic hydroxyl groups is 1. The number of rotatable bonds is 4. The lowest BCUT2D eigenvalue weighted by atomic mass is 9.47. The standard InChI is InChI=1S/C32H48N4O2/c1-31-14-9-25(19-24(31)5-6-26-27-7-8-29(37)32(27,2)15-10-28(26)31)33-34-30(38)21-35-16-11-23(20-35)22-12-17-36(3,4)18-13-22/h11,16,19-20,22,26-29,37H,5-10,12-15,17-18,21H2,1-4H3/p+1/b33-25-/t26-,27-,28-,29+,31-,32-/m0/s1. The van der Waals surface area contributed by atoms with Crippen LogP contribution < -0.4 is 5.43 Å². The summed E-state index contributed by atoms with van der Waals surface area (Å²) in [4.78, 5) is 12.7. The Hall–Kier alpha value is -1.92. The molecule has 1 amide bonds. The molecule has 0 unspecified atom stereocenters. The van der Waals surface area contributed by atoms with E-state index in [4.69, 9.17) is 0 Å². The number of hydrazone groups is 1. The molecule has 5 aliphatic rings. The highest BCUT2D eigenvalue weighted by Gasteiger charge is 2.58. The maximum absolute atomic E-state index is 12.7. The van der Waals surface area contributed by atoms with E-state index in [-0.39, 0.29) is 22.8 Å². The van der Waals surface area contributed by atoms with E-state index in [9.17, 15) is 9.90 Å². The molecule has 4 aliphatic carbocycles. The molecule has 0 aromatic carbocycles. The highest BCUT2D eigenvalue weighted by atomic mass is 16.3. The third-order valence-electron chi connectivity index (χ3n) is 12.0. The summed E-state index contributed by atoms with van der Waals surface area (Å²) < 4.78 is 3.12. The van der Waals surface area contributed by atoms with E-state index in [0.29, 0.717) is 18.4 Å². The summed E-state index contributed by atoms with van der Waals surface area (Å²) >= 11 is 0. The molecule has 1 aromatic rings. The van der Waals surface area contributed by atoms with Gasteiger partial charge in [0.15, 0.2) is 0 Å². The number of allylic oxidation sites excluding steroid dienone is 2. The molecule has 0 radical (unpaired) electrons. The van der Waals surface area contributed by atoms with Crippen LogP contribution in [-0.2, 0) is 11.3 Å². The van der Waals surface area contributed by atoms with Crippen LogP contribution in [0.1, 0.15) is 89.5 Å². The molecule has 6 heteroatoms. The van der Waals surface area contributed by atoms with Crippen LogP contribution in [-0.4, -0.2) is 59.1 Å². The molecule has 0 spiro atoms. The van der Waals surface area contributed by atoms with Crippen LogP contribution in [0.15, 0.2) is 35.2 Å². The van der Waals surface area contributed by atoms with Gasteiger partial charge in [0.1, 0.15) is 6.54 Å². The second-order valence-corrected chi connectivity index (χ2v) is 14.6. The van der Waals surface area contributed by atoms with Gasteiger partial charge in [-0.3, -0.25) is 4.79 Å². The van der Waals surface area contributed by atoms with Crippen molar-refractivity contribution in [2.24, 2.45) is 33.7 Å². The van der Waals surface area contributed by atoms with Crippen LogP contribution in [0.4, 0.5) is 0 Å². The van der Waals surface area contributed by atoms with Crippen molar-refractivity contribution in [1.82, 2.24) is 9.99 Å². The number of carbonyl (C=O) groups excluding carboxylic acids is 1. The number of nitrogens with one attached hydrogen (secondary N) is 1. The van der Waals surface area contributed by atoms with E-state index in [2.05, 4.69) is 56.8 Å². The number of fused-ring (bicyclic) bond motifs is 5. The van der Waals surface area contributed by atoms with Crippen LogP contribution in [0.3, 0.4) is 0 Å². The maximum atomic E-state index is 12.7. The van der Waals surface area contributed by atoms with E-state index in [1.807, 2.05) is 10.8 Å². The second-order valence-electron chi connectivity index (χ2n) is 14.6. The lowest BCUT2D eigenvalue weighted by molar-refractivity contribution is -0.895. The Morgan fingerprint density at radius 3 is 2.66 bits per heavy atom. The average molecular weight is 522 g/mol. The fourth-order valence-corrected chi connectivity index (χ4v) is 9.37. The lowest BCUT2D eigenvalue weighted by Crippen LogP contribution is -2.51. The maximum Gasteiger partial charge on any atom is 0.259 e. The Morgan fingerprint density at radius 1 is 1.08 bits per heavy atom. The van der Waals surface area contributed by atoms with Crippen molar-refractivity contribution in [3.63, 3.8) is 0 Å². The molecule has 3 saturated carbocycles. The first kappa shape index (κ1) is 26.3. The fraction of sp³-hybridized carbons (Fsp3) is 0.750. The van der Waals surface area contributed by atoms with Crippen molar-refractivity contribution in [2.75, 3.05) is 27.2 Å². The van der Waals surface area contributed by atoms with Crippen LogP contribution in [0, 0.1) is 28.6 Å². The predicted octanol–water partition coefficient (Wildman–Crippen LogP) is 5.24. The van der Waals surface area contributed by atoms with E-state index >= 15 is 0 Å². The van der Waals surface area contributed by atoms with Gasteiger partial charge in [-0.05, 0) is 104 Å². The van der Waals surface area contributed by atoms with E-state index < -0.39 is 0 Å². The Balaban J connectivity index is 1.07. The second kappa shape index (κ2) is 9.62. The zero-order chi connectivity index (χ0) is 26.7. The number of nitrogens with zero attached hydrogens (tertiary/aromatic N) is 3. The number of quaternary nitrogens is 1. The molecule has 1 aromatic heterocycles. The Kier molecular flexibility index (Phi) is 6.66. The molecule has 6 rings (SSSR count). The number of hydrogen-bond acceptors (Lipinski definition) is 3. The minimum atomic E-state index is -0.107. The smallest absolute Gasteiger partial charge is 0.259 e. The van der Waals surface area contributed by atoms with Crippen molar-refractivity contribution in [2.45, 2.75) is 96.6 Å². The van der Waals surface area contributed by atoms with E-state index in [0.717, 1.165) is 47.7 Å². The molecule has 2 N–H and O–H groups in total. The number of amides is 1. The summed E-state index contributed by atoms with van der Waals surface area (Å²) in [7, 11) is 4.63. The normalized spacial score (nSPS) is 39.7. The zero-order valence-electron chi connectivity index (χ0n) is 24.1. The fourth-order valence-electron chi connectivity index (χ4n) is 9.37. The predicted molar refractivity (Wildman–Crippen MR) is 152 cm³/mol. The number of aliphatic hydroxyl groups excluding tert-OH is 1. The topological polar surface area (TPSA) is 66.6 Å². The van der Waals surface area contributed by atoms with Gasteiger partial charge in [0.05, 0.1) is 39.0 Å².